The van der Waals surface area contributed by atoms with Crippen LogP contribution >= 0.6 is 11.6 Å². The predicted molar refractivity (Wildman–Crippen MR) is 157 cm³/mol. The lowest BCUT2D eigenvalue weighted by molar-refractivity contribution is -0.141. The number of piperidine rings is 1. The zero-order chi connectivity index (χ0) is 33.6. The number of benzene rings is 1. The van der Waals surface area contributed by atoms with E-state index in [2.05, 4.69) is 20.7 Å². The zero-order valence-corrected chi connectivity index (χ0v) is 25.5. The van der Waals surface area contributed by atoms with E-state index in [1.54, 1.807) is 9.80 Å². The van der Waals surface area contributed by atoms with Crippen LogP contribution in [0, 0.1) is 11.8 Å². The number of alkyl halides is 5. The lowest BCUT2D eigenvalue weighted by atomic mass is 10.2. The Kier molecular flexibility index (Phi) is 7.27. The number of hydrogen-bond acceptors (Lipinski definition) is 6. The first-order chi connectivity index (χ1) is 22.1. The lowest BCUT2D eigenvalue weighted by Crippen LogP contribution is -2.44. The van der Waals surface area contributed by atoms with E-state index in [-0.39, 0.29) is 57.7 Å². The first kappa shape index (κ1) is 31.4. The van der Waals surface area contributed by atoms with Crippen molar-refractivity contribution >= 4 is 35.1 Å². The quantitative estimate of drug-likeness (QED) is 0.340. The molecular weight excluding hydrogens is 653 g/mol. The van der Waals surface area contributed by atoms with E-state index >= 15 is 0 Å². The summed E-state index contributed by atoms with van der Waals surface area (Å²) >= 11 is 6.39. The lowest BCUT2D eigenvalue weighted by Gasteiger charge is -2.26. The topological polar surface area (TPSA) is 143 Å². The highest BCUT2D eigenvalue weighted by Crippen LogP contribution is 2.53. The molecular formula is C29H29ClF5N9O3. The van der Waals surface area contributed by atoms with E-state index in [1.807, 2.05) is 0 Å². The number of carbonyl (C=O) groups is 3. The van der Waals surface area contributed by atoms with Gasteiger partial charge in [0.15, 0.2) is 11.5 Å². The molecule has 12 nitrogen and oxygen atoms in total. The summed E-state index contributed by atoms with van der Waals surface area (Å²) in [5, 5.41) is 8.95. The third-order valence-electron chi connectivity index (χ3n) is 9.31. The van der Waals surface area contributed by atoms with Crippen molar-refractivity contribution in [1.82, 2.24) is 34.4 Å². The van der Waals surface area contributed by atoms with Gasteiger partial charge in [0, 0.05) is 75.5 Å². The first-order valence-corrected chi connectivity index (χ1v) is 15.3. The normalized spacial score (nSPS) is 25.9. The van der Waals surface area contributed by atoms with E-state index in [4.69, 9.17) is 17.3 Å². The second kappa shape index (κ2) is 10.9. The monoisotopic (exact) mass is 681 g/mol. The zero-order valence-electron chi connectivity index (χ0n) is 24.8. The molecule has 4 heterocycles. The maximum atomic E-state index is 13.7. The van der Waals surface area contributed by atoms with Gasteiger partial charge >= 0.3 is 12.2 Å². The molecule has 0 radical (unpaired) electrons. The van der Waals surface area contributed by atoms with E-state index in [1.165, 1.54) is 25.2 Å². The molecule has 2 aromatic heterocycles. The van der Waals surface area contributed by atoms with Gasteiger partial charge in [-0.15, -0.1) is 0 Å². The van der Waals surface area contributed by atoms with Crippen LogP contribution in [0.15, 0.2) is 30.6 Å². The van der Waals surface area contributed by atoms with Crippen molar-refractivity contribution in [2.45, 2.75) is 43.1 Å². The molecule has 47 heavy (non-hydrogen) atoms. The molecule has 0 bridgehead atoms. The van der Waals surface area contributed by atoms with Crippen LogP contribution in [-0.2, 0) is 13.2 Å². The molecule has 1 aromatic carbocycles. The Labute approximate surface area is 269 Å². The molecule has 4 aliphatic rings. The van der Waals surface area contributed by atoms with Crippen LogP contribution in [-0.4, -0.2) is 91.2 Å². The molecule has 0 spiro atoms. The number of nitrogens with two attached hydrogens (primary N) is 1. The molecule has 2 aliphatic carbocycles. The Morgan fingerprint density at radius 3 is 2.38 bits per heavy atom. The van der Waals surface area contributed by atoms with Gasteiger partial charge in [-0.1, -0.05) is 11.6 Å². The average molecular weight is 682 g/mol. The SMILES string of the molecule is Cn1c(-c2cn(C3CC3(F)F)nc2C(F)(F)F)cnc1C(=O)Nc1ccc(C(=O)NC2[C@H]3CN(C(=O)N4CC[C@@H](N)C4)C[C@@H]23)c(Cl)c1. The van der Waals surface area contributed by atoms with E-state index in [9.17, 15) is 36.3 Å². The van der Waals surface area contributed by atoms with E-state index < -0.39 is 47.6 Å². The van der Waals surface area contributed by atoms with E-state index in [0.717, 1.165) is 23.4 Å². The minimum absolute atomic E-state index is 0.000918. The van der Waals surface area contributed by atoms with Crippen LogP contribution in [0.3, 0.4) is 0 Å². The molecule has 4 N–H and O–H groups in total. The first-order valence-electron chi connectivity index (χ1n) is 14.9. The van der Waals surface area contributed by atoms with Gasteiger partial charge in [-0.05, 0) is 24.6 Å². The number of urea groups is 1. The Morgan fingerprint density at radius 2 is 1.79 bits per heavy atom. The number of anilines is 1. The molecule has 2 saturated heterocycles. The predicted octanol–water partition coefficient (Wildman–Crippen LogP) is 3.60. The Hall–Kier alpha value is -4.25. The highest BCUT2D eigenvalue weighted by Gasteiger charge is 2.60. The van der Waals surface area contributed by atoms with Gasteiger partial charge in [-0.2, -0.15) is 18.3 Å². The van der Waals surface area contributed by atoms with Gasteiger partial charge in [0.2, 0.25) is 0 Å². The van der Waals surface area contributed by atoms with Crippen LogP contribution in [0.4, 0.5) is 32.4 Å². The van der Waals surface area contributed by atoms with Gasteiger partial charge in [0.05, 0.1) is 28.0 Å². The summed E-state index contributed by atoms with van der Waals surface area (Å²) in [6, 6.07) is 2.63. The number of imidazole rings is 1. The third-order valence-corrected chi connectivity index (χ3v) is 9.62. The summed E-state index contributed by atoms with van der Waals surface area (Å²) < 4.78 is 70.0. The van der Waals surface area contributed by atoms with Gasteiger partial charge < -0.3 is 30.7 Å². The fourth-order valence-corrected chi connectivity index (χ4v) is 6.82. The van der Waals surface area contributed by atoms with Crippen LogP contribution in [0.2, 0.25) is 5.02 Å². The van der Waals surface area contributed by atoms with Crippen LogP contribution in [0.25, 0.3) is 11.3 Å². The molecule has 18 heteroatoms. The molecule has 3 aromatic rings. The number of aromatic nitrogens is 4. The Morgan fingerprint density at radius 1 is 1.09 bits per heavy atom. The fourth-order valence-electron chi connectivity index (χ4n) is 6.56. The minimum Gasteiger partial charge on any atom is -0.349 e. The maximum Gasteiger partial charge on any atom is 0.435 e. The van der Waals surface area contributed by atoms with Crippen molar-refractivity contribution in [2.24, 2.45) is 24.6 Å². The molecule has 2 unspecified atom stereocenters. The minimum atomic E-state index is -4.94. The summed E-state index contributed by atoms with van der Waals surface area (Å²) in [4.78, 5) is 46.3. The van der Waals surface area contributed by atoms with Crippen molar-refractivity contribution < 1.29 is 36.3 Å². The standard InChI is InChI=1S/C29H29ClF5N9O3/c1-41-20(18-12-44(21-7-28(21,31)32)40-23(18)29(33,34)35)8-37-24(41)26(46)38-14-2-3-15(19(30)6-14)25(45)39-22-16-10-43(11-17(16)22)27(47)42-5-4-13(36)9-42/h2-3,6,8,12-13,16-17,21-22H,4-5,7,9-11,36H2,1H3,(H,38,46)(H,39,45)/t13-,16-,17+,21?,22?/m1/s1. The molecule has 4 fully saturated rings. The van der Waals surface area contributed by atoms with Crippen LogP contribution < -0.4 is 16.4 Å². The molecule has 5 atom stereocenters. The van der Waals surface area contributed by atoms with Gasteiger partial charge in [0.25, 0.3) is 17.7 Å². The van der Waals surface area contributed by atoms with Crippen molar-refractivity contribution in [2.75, 3.05) is 31.5 Å². The molecule has 2 aliphatic heterocycles. The summed E-state index contributed by atoms with van der Waals surface area (Å²) in [6.45, 7) is 2.28. The summed E-state index contributed by atoms with van der Waals surface area (Å²) in [5.74, 6) is -4.32. The number of halogens is 6. The van der Waals surface area contributed by atoms with Crippen molar-refractivity contribution in [1.29, 1.82) is 0 Å². The number of rotatable bonds is 6. The van der Waals surface area contributed by atoms with Gasteiger partial charge in [-0.3, -0.25) is 14.3 Å². The Bertz CT molecular complexity index is 1780. The van der Waals surface area contributed by atoms with E-state index in [0.29, 0.717) is 30.9 Å². The smallest absolute Gasteiger partial charge is 0.349 e. The number of nitrogens with one attached hydrogen (secondary N) is 2. The highest BCUT2D eigenvalue weighted by molar-refractivity contribution is 6.34. The number of amides is 4. The van der Waals surface area contributed by atoms with Crippen LogP contribution in [0.1, 0.15) is 45.6 Å². The average Bonchev–Trinajstić information content (AvgIpc) is 3.47. The maximum absolute atomic E-state index is 13.7. The number of nitrogens with zero attached hydrogens (tertiary/aromatic N) is 6. The largest absolute Gasteiger partial charge is 0.435 e. The number of hydrogen-bond donors (Lipinski definition) is 3. The van der Waals surface area contributed by atoms with Crippen molar-refractivity contribution in [3.05, 3.63) is 52.7 Å². The molecule has 2 saturated carbocycles. The summed E-state index contributed by atoms with van der Waals surface area (Å²) in [6.07, 6.45) is -2.87. The van der Waals surface area contributed by atoms with Crippen molar-refractivity contribution in [3.63, 3.8) is 0 Å². The van der Waals surface area contributed by atoms with Gasteiger partial charge in [0.1, 0.15) is 6.04 Å². The number of fused-ring (bicyclic) bond motifs is 1. The number of likely N-dealkylation sites (tertiary alicyclic amines) is 2. The summed E-state index contributed by atoms with van der Waals surface area (Å²) in [5.41, 5.74) is 4.26. The highest BCUT2D eigenvalue weighted by atomic mass is 35.5. The van der Waals surface area contributed by atoms with Crippen LogP contribution in [0.5, 0.6) is 0 Å². The molecule has 7 rings (SSSR count). The Balaban J connectivity index is 0.982. The molecule has 4 amide bonds. The second-order valence-corrected chi connectivity index (χ2v) is 12.9. The molecule has 250 valence electrons. The fraction of sp³-hybridized carbons (Fsp3) is 0.483. The third kappa shape index (κ3) is 5.68. The van der Waals surface area contributed by atoms with Gasteiger partial charge in [-0.25, -0.2) is 18.6 Å². The second-order valence-electron chi connectivity index (χ2n) is 12.5. The summed E-state index contributed by atoms with van der Waals surface area (Å²) in [7, 11) is 1.31. The van der Waals surface area contributed by atoms with Crippen molar-refractivity contribution in [3.8, 4) is 11.3 Å². The number of carbonyl (C=O) groups excluding carboxylic acids is 3.